The Morgan fingerprint density at radius 2 is 2.00 bits per heavy atom. The third-order valence-corrected chi connectivity index (χ3v) is 2.86. The largest absolute Gasteiger partial charge is 0.481 e. The lowest BCUT2D eigenvalue weighted by molar-refractivity contribution is -0.137. The summed E-state index contributed by atoms with van der Waals surface area (Å²) >= 11 is 0. The third-order valence-electron chi connectivity index (χ3n) is 2.86. The Kier molecular flexibility index (Phi) is 5.12. The predicted molar refractivity (Wildman–Crippen MR) is 62.7 cm³/mol. The number of nitrogens with zero attached hydrogens (tertiary/aromatic N) is 2. The fourth-order valence-electron chi connectivity index (χ4n) is 1.82. The second-order valence-electron chi connectivity index (χ2n) is 4.45. The van der Waals surface area contributed by atoms with E-state index in [1.807, 2.05) is 6.92 Å². The zero-order valence-corrected chi connectivity index (χ0v) is 10.6. The van der Waals surface area contributed by atoms with Gasteiger partial charge in [-0.3, -0.25) is 4.79 Å². The normalized spacial score (nSPS) is 12.9. The molecule has 0 aliphatic heterocycles. The summed E-state index contributed by atoms with van der Waals surface area (Å²) in [4.78, 5) is 10.5. The monoisotopic (exact) mass is 240 g/mol. The van der Waals surface area contributed by atoms with Gasteiger partial charge in [0.25, 0.3) is 0 Å². The molecule has 0 fully saturated rings. The molecule has 1 unspecified atom stereocenters. The van der Waals surface area contributed by atoms with Gasteiger partial charge in [0.1, 0.15) is 0 Å². The molecule has 0 aliphatic carbocycles. The summed E-state index contributed by atoms with van der Waals surface area (Å²) in [6, 6.07) is 0. The number of hydrogen-bond acceptors (Lipinski definition) is 4. The van der Waals surface area contributed by atoms with Crippen molar-refractivity contribution in [2.24, 2.45) is 5.92 Å². The van der Waals surface area contributed by atoms with E-state index in [0.717, 1.165) is 12.8 Å². The quantitative estimate of drug-likeness (QED) is 0.792. The third kappa shape index (κ3) is 4.17. The zero-order valence-electron chi connectivity index (χ0n) is 10.6. The van der Waals surface area contributed by atoms with Crippen LogP contribution in [0, 0.1) is 5.92 Å². The minimum absolute atomic E-state index is 0.0162. The predicted octanol–water partition coefficient (Wildman–Crippen LogP) is 2.63. The zero-order chi connectivity index (χ0) is 12.8. The van der Waals surface area contributed by atoms with Gasteiger partial charge >= 0.3 is 5.97 Å². The molecule has 96 valence electrons. The molecule has 0 aliphatic rings. The molecule has 0 radical (unpaired) electrons. The van der Waals surface area contributed by atoms with Crippen molar-refractivity contribution in [3.63, 3.8) is 0 Å². The number of aliphatic carboxylic acids is 1. The summed E-state index contributed by atoms with van der Waals surface area (Å²) in [6.45, 7) is 6.05. The first-order valence-corrected chi connectivity index (χ1v) is 6.10. The molecule has 5 nitrogen and oxygen atoms in total. The van der Waals surface area contributed by atoms with Crippen LogP contribution in [0.4, 0.5) is 0 Å². The summed E-state index contributed by atoms with van der Waals surface area (Å²) in [6.07, 6.45) is 2.60. The highest BCUT2D eigenvalue weighted by atomic mass is 16.4. The molecule has 0 saturated heterocycles. The molecule has 1 rings (SSSR count). The standard InChI is InChI=1S/C12H20N2O3/c1-4-9(5-2)12-14-13-10(17-12)6-8(3)7-11(15)16/h8-9H,4-7H2,1-3H3,(H,15,16). The Morgan fingerprint density at radius 1 is 1.35 bits per heavy atom. The lowest BCUT2D eigenvalue weighted by atomic mass is 10.0. The average Bonchev–Trinajstić information content (AvgIpc) is 2.67. The highest BCUT2D eigenvalue weighted by Gasteiger charge is 2.17. The summed E-state index contributed by atoms with van der Waals surface area (Å²) < 4.78 is 5.56. The molecule has 1 aromatic rings. The van der Waals surface area contributed by atoms with E-state index in [1.165, 1.54) is 0 Å². The van der Waals surface area contributed by atoms with E-state index in [1.54, 1.807) is 0 Å². The smallest absolute Gasteiger partial charge is 0.303 e. The second kappa shape index (κ2) is 6.37. The summed E-state index contributed by atoms with van der Waals surface area (Å²) in [5, 5.41) is 16.7. The Bertz CT molecular complexity index is 358. The van der Waals surface area contributed by atoms with Crippen molar-refractivity contribution in [1.82, 2.24) is 10.2 Å². The Morgan fingerprint density at radius 3 is 2.53 bits per heavy atom. The van der Waals surface area contributed by atoms with E-state index in [4.69, 9.17) is 9.52 Å². The first-order chi connectivity index (χ1) is 8.06. The van der Waals surface area contributed by atoms with Gasteiger partial charge in [0.05, 0.1) is 0 Å². The second-order valence-corrected chi connectivity index (χ2v) is 4.45. The van der Waals surface area contributed by atoms with E-state index >= 15 is 0 Å². The molecular formula is C12H20N2O3. The van der Waals surface area contributed by atoms with Crippen LogP contribution in [0.5, 0.6) is 0 Å². The van der Waals surface area contributed by atoms with Crippen molar-refractivity contribution in [2.45, 2.75) is 52.4 Å². The topological polar surface area (TPSA) is 76.2 Å². The molecule has 1 aromatic heterocycles. The van der Waals surface area contributed by atoms with Crippen molar-refractivity contribution < 1.29 is 14.3 Å². The molecule has 5 heteroatoms. The van der Waals surface area contributed by atoms with Crippen molar-refractivity contribution in [1.29, 1.82) is 0 Å². The van der Waals surface area contributed by atoms with Gasteiger partial charge < -0.3 is 9.52 Å². The van der Waals surface area contributed by atoms with E-state index in [2.05, 4.69) is 24.0 Å². The van der Waals surface area contributed by atoms with Crippen LogP contribution in [0.25, 0.3) is 0 Å². The molecule has 0 saturated carbocycles. The van der Waals surface area contributed by atoms with Crippen LogP contribution in [0.2, 0.25) is 0 Å². The van der Waals surface area contributed by atoms with Gasteiger partial charge in [0.15, 0.2) is 0 Å². The van der Waals surface area contributed by atoms with Crippen molar-refractivity contribution >= 4 is 5.97 Å². The fraction of sp³-hybridized carbons (Fsp3) is 0.750. The maximum Gasteiger partial charge on any atom is 0.303 e. The van der Waals surface area contributed by atoms with E-state index in [0.29, 0.717) is 24.1 Å². The SMILES string of the molecule is CCC(CC)c1nnc(CC(C)CC(=O)O)o1. The van der Waals surface area contributed by atoms with Crippen LogP contribution in [-0.2, 0) is 11.2 Å². The number of carbonyl (C=O) groups is 1. The molecule has 1 N–H and O–H groups in total. The first kappa shape index (κ1) is 13.7. The first-order valence-electron chi connectivity index (χ1n) is 6.10. The maximum absolute atomic E-state index is 10.5. The van der Waals surface area contributed by atoms with E-state index < -0.39 is 5.97 Å². The molecule has 0 spiro atoms. The Labute approximate surface area is 101 Å². The number of rotatable bonds is 7. The lowest BCUT2D eigenvalue weighted by Gasteiger charge is -2.06. The maximum atomic E-state index is 10.5. The minimum Gasteiger partial charge on any atom is -0.481 e. The summed E-state index contributed by atoms with van der Waals surface area (Å²) in [5.41, 5.74) is 0. The van der Waals surface area contributed by atoms with Gasteiger partial charge in [-0.15, -0.1) is 10.2 Å². The van der Waals surface area contributed by atoms with Gasteiger partial charge in [0, 0.05) is 18.8 Å². The fourth-order valence-corrected chi connectivity index (χ4v) is 1.82. The molecule has 0 bridgehead atoms. The molecule has 17 heavy (non-hydrogen) atoms. The highest BCUT2D eigenvalue weighted by Crippen LogP contribution is 2.22. The van der Waals surface area contributed by atoms with Gasteiger partial charge in [-0.1, -0.05) is 20.8 Å². The van der Waals surface area contributed by atoms with E-state index in [-0.39, 0.29) is 12.3 Å². The lowest BCUT2D eigenvalue weighted by Crippen LogP contribution is -2.07. The van der Waals surface area contributed by atoms with Crippen LogP contribution < -0.4 is 0 Å². The van der Waals surface area contributed by atoms with Gasteiger partial charge in [0.2, 0.25) is 11.8 Å². The van der Waals surface area contributed by atoms with Crippen LogP contribution in [0.15, 0.2) is 4.42 Å². The minimum atomic E-state index is -0.794. The van der Waals surface area contributed by atoms with Crippen molar-refractivity contribution in [3.05, 3.63) is 11.8 Å². The van der Waals surface area contributed by atoms with Crippen LogP contribution >= 0.6 is 0 Å². The molecule has 1 heterocycles. The summed E-state index contributed by atoms with van der Waals surface area (Å²) in [5.74, 6) is 0.749. The number of carboxylic acids is 1. The van der Waals surface area contributed by atoms with Crippen molar-refractivity contribution in [3.8, 4) is 0 Å². The van der Waals surface area contributed by atoms with Gasteiger partial charge in [-0.25, -0.2) is 0 Å². The number of carboxylic acid groups (broad SMARTS) is 1. The average molecular weight is 240 g/mol. The molecular weight excluding hydrogens is 220 g/mol. The Hall–Kier alpha value is -1.39. The molecule has 1 atom stereocenters. The Balaban J connectivity index is 2.59. The van der Waals surface area contributed by atoms with Crippen molar-refractivity contribution in [2.75, 3.05) is 0 Å². The van der Waals surface area contributed by atoms with Gasteiger partial charge in [-0.05, 0) is 18.8 Å². The summed E-state index contributed by atoms with van der Waals surface area (Å²) in [7, 11) is 0. The van der Waals surface area contributed by atoms with Crippen LogP contribution in [-0.4, -0.2) is 21.3 Å². The molecule has 0 amide bonds. The number of aromatic nitrogens is 2. The van der Waals surface area contributed by atoms with Gasteiger partial charge in [-0.2, -0.15) is 0 Å². The molecule has 0 aromatic carbocycles. The van der Waals surface area contributed by atoms with E-state index in [9.17, 15) is 4.79 Å². The number of hydrogen-bond donors (Lipinski definition) is 1. The van der Waals surface area contributed by atoms with Crippen LogP contribution in [0.3, 0.4) is 0 Å². The van der Waals surface area contributed by atoms with Crippen LogP contribution in [0.1, 0.15) is 57.7 Å². The highest BCUT2D eigenvalue weighted by molar-refractivity contribution is 5.66.